The van der Waals surface area contributed by atoms with Crippen LogP contribution < -0.4 is 11.3 Å². The lowest BCUT2D eigenvalue weighted by atomic mass is 10.1. The molecule has 2 heterocycles. The number of nitrogens with zero attached hydrogens (tertiary/aromatic N) is 1. The van der Waals surface area contributed by atoms with Crippen molar-refractivity contribution < 1.29 is 0 Å². The van der Waals surface area contributed by atoms with Gasteiger partial charge in [0.05, 0.1) is 10.8 Å². The van der Waals surface area contributed by atoms with Crippen LogP contribution in [-0.2, 0) is 6.42 Å². The number of anilines is 1. The van der Waals surface area contributed by atoms with Crippen LogP contribution >= 0.6 is 11.8 Å². The molecule has 2 rings (SSSR count). The van der Waals surface area contributed by atoms with E-state index in [2.05, 4.69) is 9.97 Å². The molecule has 0 bridgehead atoms. The van der Waals surface area contributed by atoms with Crippen molar-refractivity contribution in [2.75, 3.05) is 11.5 Å². The van der Waals surface area contributed by atoms with Gasteiger partial charge in [0.25, 0.3) is 5.56 Å². The second-order valence-corrected chi connectivity index (χ2v) is 5.38. The summed E-state index contributed by atoms with van der Waals surface area (Å²) in [5, 5.41) is 0.325. The van der Waals surface area contributed by atoms with Gasteiger partial charge in [-0.25, -0.2) is 4.98 Å². The van der Waals surface area contributed by atoms with E-state index in [0.717, 1.165) is 24.4 Å². The molecule has 1 saturated heterocycles. The molecule has 1 fully saturated rings. The fourth-order valence-electron chi connectivity index (χ4n) is 1.97. The molecule has 1 aliphatic heterocycles. The molecule has 1 aliphatic rings. The Morgan fingerprint density at radius 2 is 2.44 bits per heavy atom. The van der Waals surface area contributed by atoms with Crippen molar-refractivity contribution in [3.63, 3.8) is 0 Å². The third kappa shape index (κ3) is 2.24. The fraction of sp³-hybridized carbons (Fsp3) is 0.636. The van der Waals surface area contributed by atoms with Crippen molar-refractivity contribution in [3.05, 3.63) is 21.7 Å². The summed E-state index contributed by atoms with van der Waals surface area (Å²) < 4.78 is 0. The summed E-state index contributed by atoms with van der Waals surface area (Å²) in [6, 6.07) is 0. The number of aromatic nitrogens is 2. The Kier molecular flexibility index (Phi) is 3.53. The van der Waals surface area contributed by atoms with E-state index >= 15 is 0 Å². The monoisotopic (exact) mass is 239 g/mol. The summed E-state index contributed by atoms with van der Waals surface area (Å²) in [5.41, 5.74) is 6.41. The summed E-state index contributed by atoms with van der Waals surface area (Å²) >= 11 is 1.84. The van der Waals surface area contributed by atoms with Crippen LogP contribution in [0.1, 0.15) is 42.8 Å². The first kappa shape index (κ1) is 11.5. The summed E-state index contributed by atoms with van der Waals surface area (Å²) in [4.78, 5) is 19.0. The van der Waals surface area contributed by atoms with Crippen molar-refractivity contribution in [2.24, 2.45) is 0 Å². The number of aromatic amines is 1. The average Bonchev–Trinajstić information content (AvgIpc) is 2.76. The molecule has 0 aromatic carbocycles. The Morgan fingerprint density at radius 1 is 1.62 bits per heavy atom. The molecular formula is C11H17N3OS. The van der Waals surface area contributed by atoms with Crippen molar-refractivity contribution in [1.29, 1.82) is 0 Å². The Balaban J connectivity index is 2.32. The van der Waals surface area contributed by atoms with E-state index in [1.54, 1.807) is 0 Å². The number of hydrogen-bond donors (Lipinski definition) is 2. The number of nitrogens with one attached hydrogen (secondary N) is 1. The molecule has 16 heavy (non-hydrogen) atoms. The molecule has 0 saturated carbocycles. The van der Waals surface area contributed by atoms with Crippen molar-refractivity contribution in [3.8, 4) is 0 Å². The van der Waals surface area contributed by atoms with Crippen LogP contribution in [0.15, 0.2) is 4.79 Å². The first-order valence-electron chi connectivity index (χ1n) is 5.72. The maximum Gasteiger partial charge on any atom is 0.256 e. The minimum atomic E-state index is -0.0585. The number of thioether (sulfide) groups is 1. The fourth-order valence-corrected chi connectivity index (χ4v) is 3.19. The van der Waals surface area contributed by atoms with Gasteiger partial charge < -0.3 is 10.7 Å². The normalized spacial score (nSPS) is 20.2. The lowest BCUT2D eigenvalue weighted by molar-refractivity contribution is 0.764. The Hall–Kier alpha value is -0.970. The topological polar surface area (TPSA) is 71.8 Å². The van der Waals surface area contributed by atoms with E-state index in [4.69, 9.17) is 5.73 Å². The minimum Gasteiger partial charge on any atom is -0.383 e. The minimum absolute atomic E-state index is 0.0585. The highest BCUT2D eigenvalue weighted by molar-refractivity contribution is 7.99. The average molecular weight is 239 g/mol. The quantitative estimate of drug-likeness (QED) is 0.844. The Labute approximate surface area is 99.0 Å². The Bertz CT molecular complexity index is 424. The van der Waals surface area contributed by atoms with E-state index in [0.29, 0.717) is 23.1 Å². The third-order valence-electron chi connectivity index (χ3n) is 2.80. The smallest absolute Gasteiger partial charge is 0.256 e. The number of hydrogen-bond acceptors (Lipinski definition) is 4. The van der Waals surface area contributed by atoms with E-state index in [1.165, 1.54) is 6.42 Å². The molecular weight excluding hydrogens is 222 g/mol. The first-order valence-corrected chi connectivity index (χ1v) is 6.77. The van der Waals surface area contributed by atoms with Crippen LogP contribution in [0.2, 0.25) is 0 Å². The summed E-state index contributed by atoms with van der Waals surface area (Å²) in [7, 11) is 0. The molecule has 1 unspecified atom stereocenters. The van der Waals surface area contributed by atoms with Gasteiger partial charge in [-0.1, -0.05) is 13.3 Å². The summed E-state index contributed by atoms with van der Waals surface area (Å²) in [5.74, 6) is 2.31. The highest BCUT2D eigenvalue weighted by atomic mass is 32.2. The zero-order valence-corrected chi connectivity index (χ0v) is 10.3. The lowest BCUT2D eigenvalue weighted by Gasteiger charge is -2.10. The zero-order valence-electron chi connectivity index (χ0n) is 9.45. The van der Waals surface area contributed by atoms with Crippen LogP contribution in [0.5, 0.6) is 0 Å². The molecule has 4 nitrogen and oxygen atoms in total. The first-order chi connectivity index (χ1) is 7.72. The highest BCUT2D eigenvalue weighted by Crippen LogP contribution is 2.37. The molecule has 3 N–H and O–H groups in total. The van der Waals surface area contributed by atoms with Gasteiger partial charge in [0.1, 0.15) is 11.6 Å². The van der Waals surface area contributed by atoms with E-state index < -0.39 is 0 Å². The Morgan fingerprint density at radius 3 is 3.00 bits per heavy atom. The van der Waals surface area contributed by atoms with Crippen LogP contribution in [0.4, 0.5) is 5.82 Å². The van der Waals surface area contributed by atoms with Crippen molar-refractivity contribution in [2.45, 2.75) is 37.9 Å². The van der Waals surface area contributed by atoms with E-state index in [9.17, 15) is 4.79 Å². The number of nitrogens with two attached hydrogens (primary N) is 1. The maximum atomic E-state index is 11.8. The third-order valence-corrected chi connectivity index (χ3v) is 4.19. The second kappa shape index (κ2) is 4.91. The molecule has 1 aromatic heterocycles. The molecule has 1 atom stereocenters. The molecule has 0 radical (unpaired) electrons. The van der Waals surface area contributed by atoms with E-state index in [-0.39, 0.29) is 5.56 Å². The highest BCUT2D eigenvalue weighted by Gasteiger charge is 2.21. The molecule has 0 spiro atoms. The second-order valence-electron chi connectivity index (χ2n) is 4.07. The van der Waals surface area contributed by atoms with Gasteiger partial charge >= 0.3 is 0 Å². The van der Waals surface area contributed by atoms with E-state index in [1.807, 2.05) is 18.7 Å². The van der Waals surface area contributed by atoms with Crippen LogP contribution in [0.25, 0.3) is 0 Å². The zero-order chi connectivity index (χ0) is 11.5. The molecule has 0 amide bonds. The van der Waals surface area contributed by atoms with Gasteiger partial charge in [-0.05, 0) is 25.0 Å². The molecule has 5 heteroatoms. The number of nitrogen functional groups attached to an aromatic ring is 1. The largest absolute Gasteiger partial charge is 0.383 e. The van der Waals surface area contributed by atoms with Crippen LogP contribution in [0.3, 0.4) is 0 Å². The van der Waals surface area contributed by atoms with Gasteiger partial charge in [0.15, 0.2) is 0 Å². The lowest BCUT2D eigenvalue weighted by Crippen LogP contribution is -2.20. The standard InChI is InChI=1S/C11H17N3OS/c1-2-4-7-9(12)13-10(14-11(7)15)8-5-3-6-16-8/h8H,2-6H2,1H3,(H3,12,13,14,15). The SMILES string of the molecule is CCCc1c(N)nc(C2CCCS2)[nH]c1=O. The van der Waals surface area contributed by atoms with Gasteiger partial charge in [0, 0.05) is 0 Å². The summed E-state index contributed by atoms with van der Waals surface area (Å²) in [6.07, 6.45) is 3.88. The molecule has 1 aromatic rings. The van der Waals surface area contributed by atoms with Gasteiger partial charge in [-0.15, -0.1) is 0 Å². The van der Waals surface area contributed by atoms with Crippen LogP contribution in [0, 0.1) is 0 Å². The number of H-pyrrole nitrogens is 1. The van der Waals surface area contributed by atoms with Gasteiger partial charge in [-0.2, -0.15) is 11.8 Å². The van der Waals surface area contributed by atoms with Gasteiger partial charge in [-0.3, -0.25) is 4.79 Å². The van der Waals surface area contributed by atoms with Crippen molar-refractivity contribution in [1.82, 2.24) is 9.97 Å². The molecule has 0 aliphatic carbocycles. The predicted octanol–water partition coefficient (Wildman–Crippen LogP) is 1.87. The predicted molar refractivity (Wildman–Crippen MR) is 67.7 cm³/mol. The molecule has 88 valence electrons. The summed E-state index contributed by atoms with van der Waals surface area (Å²) in [6.45, 7) is 2.03. The van der Waals surface area contributed by atoms with Gasteiger partial charge in [0.2, 0.25) is 0 Å². The van der Waals surface area contributed by atoms with Crippen molar-refractivity contribution >= 4 is 17.6 Å². The number of rotatable bonds is 3. The van der Waals surface area contributed by atoms with Crippen LogP contribution in [-0.4, -0.2) is 15.7 Å². The maximum absolute atomic E-state index is 11.8.